The summed E-state index contributed by atoms with van der Waals surface area (Å²) in [6, 6.07) is 9.62. The Morgan fingerprint density at radius 1 is 1.15 bits per heavy atom. The predicted molar refractivity (Wildman–Crippen MR) is 146 cm³/mol. The van der Waals surface area contributed by atoms with Crippen LogP contribution in [0.1, 0.15) is 53.7 Å². The van der Waals surface area contributed by atoms with Gasteiger partial charge >= 0.3 is 0 Å². The average Bonchev–Trinajstić information content (AvgIpc) is 3.20. The molecule has 3 atom stereocenters. The van der Waals surface area contributed by atoms with Gasteiger partial charge in [0.1, 0.15) is 13.7 Å². The SMILES string of the molecule is [B]C([B])(Nc1cccc2c1CN(C1([B])CCC(=O)NC1=O)C2=O)c1cc(CN2CC(C)OC(C)C2)ccc1F. The first-order chi connectivity index (χ1) is 18.4. The number of imide groups is 1. The number of anilines is 1. The summed E-state index contributed by atoms with van der Waals surface area (Å²) in [6.45, 7) is 6.10. The standard InChI is InChI=1S/C27H28B3FN4O4/c1-15-11-34(12-16(2)39-15)13-17-6-7-21(31)20(10-17)27(29,30)33-22-5-3-4-18-19(22)14-35(24(18)37)26(28)9-8-23(36)32-25(26)38/h3-7,10,15-16,33H,8-9,11-14H2,1-2H3,(H,32,36,38). The molecule has 0 aliphatic carbocycles. The van der Waals surface area contributed by atoms with Crippen LogP contribution in [0.2, 0.25) is 0 Å². The first kappa shape index (κ1) is 27.5. The molecule has 0 spiro atoms. The monoisotopic (exact) mass is 524 g/mol. The number of nitrogens with zero attached hydrogens (tertiary/aromatic N) is 2. The number of halogens is 1. The van der Waals surface area contributed by atoms with E-state index in [1.165, 1.54) is 11.0 Å². The Hall–Kier alpha value is -3.11. The molecule has 2 fully saturated rings. The van der Waals surface area contributed by atoms with E-state index in [9.17, 15) is 14.4 Å². The number of amides is 3. The van der Waals surface area contributed by atoms with Crippen molar-refractivity contribution in [1.29, 1.82) is 0 Å². The van der Waals surface area contributed by atoms with Crippen molar-refractivity contribution < 1.29 is 23.5 Å². The summed E-state index contributed by atoms with van der Waals surface area (Å²) in [7, 11) is 19.3. The Morgan fingerprint density at radius 2 is 1.87 bits per heavy atom. The minimum absolute atomic E-state index is 0.00340. The van der Waals surface area contributed by atoms with E-state index in [0.29, 0.717) is 23.4 Å². The van der Waals surface area contributed by atoms with Crippen LogP contribution in [-0.4, -0.2) is 81.8 Å². The van der Waals surface area contributed by atoms with Gasteiger partial charge in [-0.15, -0.1) is 0 Å². The van der Waals surface area contributed by atoms with Crippen LogP contribution in [0.15, 0.2) is 36.4 Å². The number of hydrogen-bond donors (Lipinski definition) is 2. The summed E-state index contributed by atoms with van der Waals surface area (Å²) in [4.78, 5) is 41.0. The van der Waals surface area contributed by atoms with Crippen molar-refractivity contribution in [3.05, 3.63) is 64.5 Å². The molecule has 0 bridgehead atoms. The number of fused-ring (bicyclic) bond motifs is 1. The van der Waals surface area contributed by atoms with Crippen LogP contribution >= 0.6 is 0 Å². The van der Waals surface area contributed by atoms with E-state index in [2.05, 4.69) is 15.5 Å². The number of hydrogen-bond acceptors (Lipinski definition) is 6. The molecule has 3 aliphatic rings. The van der Waals surface area contributed by atoms with E-state index in [1.54, 1.807) is 30.3 Å². The lowest BCUT2D eigenvalue weighted by Crippen LogP contribution is -2.63. The van der Waals surface area contributed by atoms with Gasteiger partial charge < -0.3 is 15.0 Å². The molecule has 196 valence electrons. The summed E-state index contributed by atoms with van der Waals surface area (Å²) in [5.74, 6) is -2.20. The number of piperidine rings is 1. The molecule has 0 aromatic heterocycles. The highest BCUT2D eigenvalue weighted by Gasteiger charge is 2.48. The lowest BCUT2D eigenvalue weighted by Gasteiger charge is -2.40. The Balaban J connectivity index is 1.39. The number of ether oxygens (including phenoxy) is 1. The zero-order chi connectivity index (χ0) is 28.1. The van der Waals surface area contributed by atoms with Crippen molar-refractivity contribution in [3.63, 3.8) is 0 Å². The van der Waals surface area contributed by atoms with Gasteiger partial charge in [0.2, 0.25) is 11.8 Å². The third-order valence-electron chi connectivity index (χ3n) is 7.55. The maximum atomic E-state index is 15.1. The Kier molecular flexibility index (Phi) is 7.14. The fraction of sp³-hybridized carbons (Fsp3) is 0.444. The van der Waals surface area contributed by atoms with Gasteiger partial charge in [0.05, 0.1) is 33.3 Å². The Labute approximate surface area is 231 Å². The van der Waals surface area contributed by atoms with Gasteiger partial charge in [-0.2, -0.15) is 0 Å². The highest BCUT2D eigenvalue weighted by molar-refractivity contribution is 6.41. The second-order valence-corrected chi connectivity index (χ2v) is 10.8. The largest absolute Gasteiger partial charge is 0.392 e. The van der Waals surface area contributed by atoms with Crippen LogP contribution in [0, 0.1) is 5.82 Å². The number of morpholine rings is 1. The van der Waals surface area contributed by atoms with E-state index >= 15 is 4.39 Å². The predicted octanol–water partition coefficient (Wildman–Crippen LogP) is 1.25. The van der Waals surface area contributed by atoms with Crippen LogP contribution in [0.3, 0.4) is 0 Å². The fourth-order valence-corrected chi connectivity index (χ4v) is 5.69. The number of nitrogens with one attached hydrogen (secondary N) is 2. The molecular formula is C27H28B3FN4O4. The topological polar surface area (TPSA) is 91.0 Å². The van der Waals surface area contributed by atoms with Gasteiger partial charge in [-0.25, -0.2) is 4.39 Å². The second-order valence-electron chi connectivity index (χ2n) is 10.8. The maximum absolute atomic E-state index is 15.1. The maximum Gasteiger partial charge on any atom is 0.254 e. The zero-order valence-corrected chi connectivity index (χ0v) is 22.0. The molecular weight excluding hydrogens is 496 g/mol. The minimum Gasteiger partial charge on any atom is -0.392 e. The average molecular weight is 524 g/mol. The molecule has 2 N–H and O–H groups in total. The van der Waals surface area contributed by atoms with Crippen LogP contribution in [-0.2, 0) is 32.8 Å². The van der Waals surface area contributed by atoms with Gasteiger partial charge in [0, 0.05) is 49.4 Å². The van der Waals surface area contributed by atoms with E-state index in [-0.39, 0.29) is 37.2 Å². The lowest BCUT2D eigenvalue weighted by molar-refractivity contribution is -0.138. The second kappa shape index (κ2) is 10.1. The van der Waals surface area contributed by atoms with Gasteiger partial charge in [0.15, 0.2) is 0 Å². The van der Waals surface area contributed by atoms with Crippen LogP contribution in [0.4, 0.5) is 10.1 Å². The van der Waals surface area contributed by atoms with Crippen molar-refractivity contribution in [3.8, 4) is 0 Å². The van der Waals surface area contributed by atoms with Crippen LogP contribution in [0.25, 0.3) is 0 Å². The summed E-state index contributed by atoms with van der Waals surface area (Å²) in [5.41, 5.74) is 0.467. The first-order valence-electron chi connectivity index (χ1n) is 13.0. The third-order valence-corrected chi connectivity index (χ3v) is 7.55. The zero-order valence-electron chi connectivity index (χ0n) is 22.0. The number of carbonyl (C=O) groups excluding carboxylic acids is 3. The van der Waals surface area contributed by atoms with E-state index in [4.69, 9.17) is 28.3 Å². The van der Waals surface area contributed by atoms with Crippen LogP contribution in [0.5, 0.6) is 0 Å². The van der Waals surface area contributed by atoms with Crippen molar-refractivity contribution in [2.75, 3.05) is 18.4 Å². The molecule has 6 radical (unpaired) electrons. The van der Waals surface area contributed by atoms with E-state index in [1.807, 2.05) is 13.8 Å². The molecule has 3 unspecified atom stereocenters. The Bertz CT molecular complexity index is 1330. The normalized spacial score (nSPS) is 25.9. The van der Waals surface area contributed by atoms with E-state index in [0.717, 1.165) is 18.7 Å². The molecule has 8 nitrogen and oxygen atoms in total. The Morgan fingerprint density at radius 3 is 2.56 bits per heavy atom. The molecule has 2 aromatic carbocycles. The summed E-state index contributed by atoms with van der Waals surface area (Å²) >= 11 is 0. The highest BCUT2D eigenvalue weighted by Crippen LogP contribution is 2.37. The van der Waals surface area contributed by atoms with E-state index < -0.39 is 34.3 Å². The lowest BCUT2D eigenvalue weighted by atomic mass is 9.57. The van der Waals surface area contributed by atoms with Crippen molar-refractivity contribution in [2.24, 2.45) is 0 Å². The quantitative estimate of drug-likeness (QED) is 0.437. The van der Waals surface area contributed by atoms with Crippen molar-refractivity contribution in [2.45, 2.75) is 62.8 Å². The number of benzene rings is 2. The van der Waals surface area contributed by atoms with Gasteiger partial charge in [-0.05, 0) is 54.9 Å². The molecule has 39 heavy (non-hydrogen) atoms. The van der Waals surface area contributed by atoms with Gasteiger partial charge in [-0.1, -0.05) is 18.2 Å². The molecule has 12 heteroatoms. The smallest absolute Gasteiger partial charge is 0.254 e. The first-order valence-corrected chi connectivity index (χ1v) is 13.0. The molecule has 2 aromatic rings. The summed E-state index contributed by atoms with van der Waals surface area (Å²) in [6.07, 6.45) is 0.193. The number of carbonyl (C=O) groups is 3. The summed E-state index contributed by atoms with van der Waals surface area (Å²) < 4.78 is 20.9. The highest BCUT2D eigenvalue weighted by atomic mass is 19.1. The van der Waals surface area contributed by atoms with Crippen LogP contribution < -0.4 is 10.6 Å². The van der Waals surface area contributed by atoms with Gasteiger partial charge in [0.25, 0.3) is 5.91 Å². The molecule has 3 heterocycles. The molecule has 3 amide bonds. The molecule has 5 rings (SSSR count). The minimum atomic E-state index is -1.83. The van der Waals surface area contributed by atoms with Gasteiger partial charge in [-0.3, -0.25) is 24.6 Å². The molecule has 0 saturated carbocycles. The third kappa shape index (κ3) is 5.24. The number of rotatable bonds is 6. The molecule has 3 aliphatic heterocycles. The summed E-state index contributed by atoms with van der Waals surface area (Å²) in [5, 5.41) is 3.39. The van der Waals surface area contributed by atoms with Crippen molar-refractivity contribution in [1.82, 2.24) is 15.1 Å². The molecule has 2 saturated heterocycles. The fourth-order valence-electron chi connectivity index (χ4n) is 5.69. The van der Waals surface area contributed by atoms with Crippen molar-refractivity contribution >= 4 is 46.9 Å².